The predicted molar refractivity (Wildman–Crippen MR) is 129 cm³/mol. The molecule has 0 bridgehead atoms. The molecule has 0 spiro atoms. The van der Waals surface area contributed by atoms with E-state index >= 15 is 0 Å². The molecule has 3 aromatic rings. The standard InChI is InChI=1S/C23H26ClN5OS/c1-30-22-7-3-5-19(13-22)15-27-8-10-28(11-9-27)23(31)26-21-14-25-29(17-21)16-18-4-2-6-20(24)12-18/h2-7,12-14,17H,8-11,15-16H2,1H3,(H,26,31). The Balaban J connectivity index is 1.26. The third kappa shape index (κ3) is 5.97. The molecule has 1 aliphatic heterocycles. The van der Waals surface area contributed by atoms with Gasteiger partial charge >= 0.3 is 0 Å². The Kier molecular flexibility index (Phi) is 7.06. The highest BCUT2D eigenvalue weighted by Gasteiger charge is 2.19. The second-order valence-corrected chi connectivity index (χ2v) is 8.42. The van der Waals surface area contributed by atoms with Crippen LogP contribution < -0.4 is 10.1 Å². The van der Waals surface area contributed by atoms with Gasteiger partial charge in [-0.05, 0) is 47.6 Å². The first-order chi connectivity index (χ1) is 15.1. The lowest BCUT2D eigenvalue weighted by molar-refractivity contribution is 0.177. The minimum Gasteiger partial charge on any atom is -0.497 e. The maximum absolute atomic E-state index is 6.07. The molecular weight excluding hydrogens is 430 g/mol. The maximum Gasteiger partial charge on any atom is 0.173 e. The van der Waals surface area contributed by atoms with E-state index in [1.165, 1.54) is 5.56 Å². The number of hydrogen-bond acceptors (Lipinski definition) is 4. The number of methoxy groups -OCH3 is 1. The molecule has 0 aliphatic carbocycles. The molecule has 1 aromatic heterocycles. The minimum absolute atomic E-state index is 0.665. The van der Waals surface area contributed by atoms with Crippen LogP contribution in [0, 0.1) is 0 Å². The monoisotopic (exact) mass is 455 g/mol. The van der Waals surface area contributed by atoms with Crippen molar-refractivity contribution in [2.75, 3.05) is 38.6 Å². The minimum atomic E-state index is 0.665. The smallest absolute Gasteiger partial charge is 0.173 e. The van der Waals surface area contributed by atoms with Gasteiger partial charge in [0.1, 0.15) is 5.75 Å². The Bertz CT molecular complexity index is 1030. The highest BCUT2D eigenvalue weighted by atomic mass is 35.5. The number of halogens is 1. The normalized spacial score (nSPS) is 14.5. The third-order valence-corrected chi connectivity index (χ3v) is 5.91. The third-order valence-electron chi connectivity index (χ3n) is 5.32. The summed E-state index contributed by atoms with van der Waals surface area (Å²) in [6, 6.07) is 16.1. The van der Waals surface area contributed by atoms with E-state index in [1.807, 2.05) is 47.3 Å². The Hall–Kier alpha value is -2.61. The predicted octanol–water partition coefficient (Wildman–Crippen LogP) is 4.11. The number of ether oxygens (including phenoxy) is 1. The van der Waals surface area contributed by atoms with Crippen molar-refractivity contribution in [3.8, 4) is 5.75 Å². The quantitative estimate of drug-likeness (QED) is 0.564. The topological polar surface area (TPSA) is 45.6 Å². The van der Waals surface area contributed by atoms with E-state index in [1.54, 1.807) is 13.3 Å². The molecule has 8 heteroatoms. The molecule has 0 unspecified atom stereocenters. The van der Waals surface area contributed by atoms with Gasteiger partial charge in [0.2, 0.25) is 0 Å². The zero-order valence-electron chi connectivity index (χ0n) is 17.5. The molecule has 2 heterocycles. The van der Waals surface area contributed by atoms with Crippen molar-refractivity contribution >= 4 is 34.6 Å². The van der Waals surface area contributed by atoms with Crippen molar-refractivity contribution in [2.24, 2.45) is 0 Å². The average Bonchev–Trinajstić information content (AvgIpc) is 3.21. The van der Waals surface area contributed by atoms with Crippen LogP contribution in [-0.2, 0) is 13.1 Å². The van der Waals surface area contributed by atoms with E-state index < -0.39 is 0 Å². The van der Waals surface area contributed by atoms with Crippen LogP contribution in [0.1, 0.15) is 11.1 Å². The van der Waals surface area contributed by atoms with E-state index in [-0.39, 0.29) is 0 Å². The largest absolute Gasteiger partial charge is 0.497 e. The number of rotatable bonds is 6. The number of thiocarbonyl (C=S) groups is 1. The van der Waals surface area contributed by atoms with E-state index in [2.05, 4.69) is 32.3 Å². The van der Waals surface area contributed by atoms with Gasteiger partial charge in [0, 0.05) is 43.9 Å². The van der Waals surface area contributed by atoms with Gasteiger partial charge in [-0.2, -0.15) is 5.10 Å². The Morgan fingerprint density at radius 2 is 1.81 bits per heavy atom. The fourth-order valence-electron chi connectivity index (χ4n) is 3.68. The number of nitrogens with zero attached hydrogens (tertiary/aromatic N) is 4. The van der Waals surface area contributed by atoms with Crippen LogP contribution in [0.2, 0.25) is 5.02 Å². The van der Waals surface area contributed by atoms with Gasteiger partial charge in [-0.25, -0.2) is 0 Å². The molecule has 162 valence electrons. The summed E-state index contributed by atoms with van der Waals surface area (Å²) in [7, 11) is 1.70. The van der Waals surface area contributed by atoms with Crippen LogP contribution in [0.15, 0.2) is 60.9 Å². The summed E-state index contributed by atoms with van der Waals surface area (Å²) in [6.45, 7) is 5.30. The fourth-order valence-corrected chi connectivity index (χ4v) is 4.19. The van der Waals surface area contributed by atoms with Gasteiger partial charge in [0.25, 0.3) is 0 Å². The lowest BCUT2D eigenvalue weighted by Gasteiger charge is -2.36. The zero-order valence-corrected chi connectivity index (χ0v) is 19.1. The van der Waals surface area contributed by atoms with Gasteiger partial charge in [-0.15, -0.1) is 0 Å². The SMILES string of the molecule is COc1cccc(CN2CCN(C(=S)Nc3cnn(Cc4cccc(Cl)c4)c3)CC2)c1. The molecule has 31 heavy (non-hydrogen) atoms. The van der Waals surface area contributed by atoms with Crippen molar-refractivity contribution < 1.29 is 4.74 Å². The van der Waals surface area contributed by atoms with E-state index in [0.717, 1.165) is 59.9 Å². The Morgan fingerprint density at radius 3 is 2.55 bits per heavy atom. The van der Waals surface area contributed by atoms with Gasteiger partial charge in [-0.3, -0.25) is 9.58 Å². The molecule has 2 aromatic carbocycles. The number of benzene rings is 2. The van der Waals surface area contributed by atoms with E-state index in [0.29, 0.717) is 6.54 Å². The zero-order chi connectivity index (χ0) is 21.6. The highest BCUT2D eigenvalue weighted by Crippen LogP contribution is 2.17. The first kappa shape index (κ1) is 21.6. The van der Waals surface area contributed by atoms with Crippen LogP contribution in [0.25, 0.3) is 0 Å². The summed E-state index contributed by atoms with van der Waals surface area (Å²) in [5.41, 5.74) is 3.27. The van der Waals surface area contributed by atoms with Crippen LogP contribution in [-0.4, -0.2) is 58.0 Å². The summed E-state index contributed by atoms with van der Waals surface area (Å²) < 4.78 is 7.20. The molecule has 1 N–H and O–H groups in total. The number of hydrogen-bond donors (Lipinski definition) is 1. The van der Waals surface area contributed by atoms with Crippen molar-refractivity contribution in [3.05, 3.63) is 77.1 Å². The Morgan fingerprint density at radius 1 is 1.06 bits per heavy atom. The molecule has 1 saturated heterocycles. The second-order valence-electron chi connectivity index (χ2n) is 7.60. The lowest BCUT2D eigenvalue weighted by Crippen LogP contribution is -2.49. The van der Waals surface area contributed by atoms with E-state index in [9.17, 15) is 0 Å². The van der Waals surface area contributed by atoms with E-state index in [4.69, 9.17) is 28.6 Å². The molecule has 1 aliphatic rings. The molecule has 0 radical (unpaired) electrons. The van der Waals surface area contributed by atoms with Gasteiger partial charge in [0.05, 0.1) is 25.5 Å². The summed E-state index contributed by atoms with van der Waals surface area (Å²) in [6.07, 6.45) is 3.77. The van der Waals surface area contributed by atoms with Gasteiger partial charge in [-0.1, -0.05) is 35.9 Å². The van der Waals surface area contributed by atoms with Crippen molar-refractivity contribution in [1.82, 2.24) is 19.6 Å². The fraction of sp³-hybridized carbons (Fsp3) is 0.304. The molecule has 6 nitrogen and oxygen atoms in total. The van der Waals surface area contributed by atoms with Crippen LogP contribution in [0.3, 0.4) is 0 Å². The average molecular weight is 456 g/mol. The number of piperazine rings is 1. The molecular formula is C23H26ClN5OS. The summed E-state index contributed by atoms with van der Waals surface area (Å²) in [5, 5.41) is 9.22. The summed E-state index contributed by atoms with van der Waals surface area (Å²) >= 11 is 11.7. The number of anilines is 1. The summed E-state index contributed by atoms with van der Waals surface area (Å²) in [4.78, 5) is 4.66. The maximum atomic E-state index is 6.07. The van der Waals surface area contributed by atoms with Crippen LogP contribution in [0.4, 0.5) is 5.69 Å². The molecule has 0 atom stereocenters. The first-order valence-electron chi connectivity index (χ1n) is 10.3. The lowest BCUT2D eigenvalue weighted by atomic mass is 10.2. The molecule has 4 rings (SSSR count). The molecule has 0 amide bonds. The summed E-state index contributed by atoms with van der Waals surface area (Å²) in [5.74, 6) is 0.900. The van der Waals surface area contributed by atoms with Crippen LogP contribution in [0.5, 0.6) is 5.75 Å². The van der Waals surface area contributed by atoms with Crippen LogP contribution >= 0.6 is 23.8 Å². The van der Waals surface area contributed by atoms with Gasteiger partial charge < -0.3 is 15.0 Å². The molecule has 1 fully saturated rings. The van der Waals surface area contributed by atoms with Gasteiger partial charge in [0.15, 0.2) is 5.11 Å². The highest BCUT2D eigenvalue weighted by molar-refractivity contribution is 7.80. The molecule has 0 saturated carbocycles. The Labute approximate surface area is 193 Å². The van der Waals surface area contributed by atoms with Crippen molar-refractivity contribution in [1.29, 1.82) is 0 Å². The number of nitrogens with one attached hydrogen (secondary N) is 1. The first-order valence-corrected chi connectivity index (χ1v) is 11.1. The number of aromatic nitrogens is 2. The van der Waals surface area contributed by atoms with Crippen molar-refractivity contribution in [2.45, 2.75) is 13.1 Å². The van der Waals surface area contributed by atoms with Crippen molar-refractivity contribution in [3.63, 3.8) is 0 Å². The second kappa shape index (κ2) is 10.1.